The van der Waals surface area contributed by atoms with E-state index < -0.39 is 23.6 Å². The summed E-state index contributed by atoms with van der Waals surface area (Å²) in [6.07, 6.45) is -2.50. The number of nitrogen functional groups attached to an aromatic ring is 1. The highest BCUT2D eigenvalue weighted by Crippen LogP contribution is 2.33. The van der Waals surface area contributed by atoms with E-state index in [-0.39, 0.29) is 28.9 Å². The van der Waals surface area contributed by atoms with Crippen LogP contribution in [0.1, 0.15) is 16.1 Å². The number of aromatic nitrogens is 4. The number of likely N-dealkylation sites (N-methyl/N-ethyl adjacent to an activating group) is 1. The lowest BCUT2D eigenvalue weighted by atomic mass is 10.1. The Hall–Kier alpha value is -4.79. The van der Waals surface area contributed by atoms with Crippen molar-refractivity contribution in [3.05, 3.63) is 66.0 Å². The third-order valence-electron chi connectivity index (χ3n) is 6.45. The second kappa shape index (κ2) is 10.4. The van der Waals surface area contributed by atoms with Crippen LogP contribution in [-0.2, 0) is 6.18 Å². The number of fused-ring (bicyclic) bond motifs is 1. The predicted molar refractivity (Wildman–Crippen MR) is 138 cm³/mol. The number of hydrogen-bond donors (Lipinski definition) is 3. The molecular weight excluding hydrogens is 534 g/mol. The monoisotopic (exact) mass is 557 g/mol. The molecule has 4 heterocycles. The molecular formula is C25H23F4N9O2. The van der Waals surface area contributed by atoms with Crippen LogP contribution in [0.15, 0.2) is 48.9 Å². The standard InChI is InChI=1S/C25H23F4N9O2/c1-36-6-8-37(9-7-36)23(39)19-12-16(21-22(30)32-13-33-38(19)21)14-2-3-18(17(26)10-14)34-24(40)35-20-11-15(4-5-31-20)25(27,28)29/h2-5,10-13H,6-9H2,1H3,(H2,30,32,33)(H2,31,34,35,40). The van der Waals surface area contributed by atoms with Gasteiger partial charge in [0.1, 0.15) is 29.2 Å². The maximum Gasteiger partial charge on any atom is 0.416 e. The molecule has 0 saturated carbocycles. The third-order valence-corrected chi connectivity index (χ3v) is 6.45. The van der Waals surface area contributed by atoms with Gasteiger partial charge in [0.25, 0.3) is 5.91 Å². The molecule has 3 amide bonds. The largest absolute Gasteiger partial charge is 0.416 e. The Morgan fingerprint density at radius 2 is 1.75 bits per heavy atom. The molecule has 0 aliphatic carbocycles. The van der Waals surface area contributed by atoms with Crippen LogP contribution in [0.25, 0.3) is 16.6 Å². The SMILES string of the molecule is CN1CCN(C(=O)c2cc(-c3ccc(NC(=O)Nc4cc(C(F)(F)F)ccn4)c(F)c3)c3c(N)ncnn23)CC1. The van der Waals surface area contributed by atoms with Crippen molar-refractivity contribution in [2.45, 2.75) is 6.18 Å². The summed E-state index contributed by atoms with van der Waals surface area (Å²) in [5, 5.41) is 8.59. The molecule has 4 aromatic rings. The maximum atomic E-state index is 15.1. The van der Waals surface area contributed by atoms with E-state index in [4.69, 9.17) is 5.73 Å². The number of alkyl halides is 3. The van der Waals surface area contributed by atoms with Gasteiger partial charge in [0.05, 0.1) is 11.3 Å². The summed E-state index contributed by atoms with van der Waals surface area (Å²) in [5.41, 5.74) is 6.15. The first-order chi connectivity index (χ1) is 19.0. The molecule has 15 heteroatoms. The molecule has 4 N–H and O–H groups in total. The molecule has 0 radical (unpaired) electrons. The third kappa shape index (κ3) is 5.36. The zero-order valence-corrected chi connectivity index (χ0v) is 21.0. The summed E-state index contributed by atoms with van der Waals surface area (Å²) in [4.78, 5) is 37.2. The van der Waals surface area contributed by atoms with Gasteiger partial charge in [-0.1, -0.05) is 6.07 Å². The normalized spacial score (nSPS) is 14.4. The van der Waals surface area contributed by atoms with Crippen LogP contribution in [0.2, 0.25) is 0 Å². The summed E-state index contributed by atoms with van der Waals surface area (Å²) in [6, 6.07) is 5.88. The van der Waals surface area contributed by atoms with Crippen molar-refractivity contribution in [3.63, 3.8) is 0 Å². The van der Waals surface area contributed by atoms with Gasteiger partial charge in [-0.05, 0) is 42.9 Å². The Morgan fingerprint density at radius 3 is 2.45 bits per heavy atom. The molecule has 208 valence electrons. The summed E-state index contributed by atoms with van der Waals surface area (Å²) in [6.45, 7) is 2.50. The van der Waals surface area contributed by atoms with Crippen molar-refractivity contribution in [3.8, 4) is 11.1 Å². The molecule has 1 fully saturated rings. The topological polar surface area (TPSA) is 134 Å². The number of urea groups is 1. The number of carbonyl (C=O) groups excluding carboxylic acids is 2. The average molecular weight is 558 g/mol. The second-order valence-corrected chi connectivity index (χ2v) is 9.15. The number of rotatable bonds is 4. The molecule has 40 heavy (non-hydrogen) atoms. The van der Waals surface area contributed by atoms with Crippen molar-refractivity contribution in [1.82, 2.24) is 29.4 Å². The molecule has 1 aromatic carbocycles. The Morgan fingerprint density at radius 1 is 1.00 bits per heavy atom. The quantitative estimate of drug-likeness (QED) is 0.327. The van der Waals surface area contributed by atoms with Crippen LogP contribution in [0.5, 0.6) is 0 Å². The Labute approximate surface area is 224 Å². The molecule has 5 rings (SSSR count). The summed E-state index contributed by atoms with van der Waals surface area (Å²) >= 11 is 0. The van der Waals surface area contributed by atoms with Crippen LogP contribution in [-0.4, -0.2) is 74.5 Å². The molecule has 0 atom stereocenters. The number of nitrogens with zero attached hydrogens (tertiary/aromatic N) is 6. The minimum atomic E-state index is -4.62. The van der Waals surface area contributed by atoms with Crippen LogP contribution in [0, 0.1) is 5.82 Å². The lowest BCUT2D eigenvalue weighted by molar-refractivity contribution is -0.137. The first kappa shape index (κ1) is 26.8. The number of amides is 3. The smallest absolute Gasteiger partial charge is 0.382 e. The highest BCUT2D eigenvalue weighted by molar-refractivity contribution is 6.01. The molecule has 0 spiro atoms. The number of piperazine rings is 1. The Bertz CT molecular complexity index is 1600. The number of hydrogen-bond acceptors (Lipinski definition) is 7. The number of anilines is 3. The van der Waals surface area contributed by atoms with E-state index in [9.17, 15) is 22.8 Å². The fourth-order valence-electron chi connectivity index (χ4n) is 4.34. The fraction of sp³-hybridized carbons (Fsp3) is 0.240. The van der Waals surface area contributed by atoms with Gasteiger partial charge in [-0.2, -0.15) is 18.3 Å². The Kier molecular flexibility index (Phi) is 6.97. The number of halogens is 4. The number of pyridine rings is 1. The van der Waals surface area contributed by atoms with Crippen molar-refractivity contribution in [2.24, 2.45) is 0 Å². The van der Waals surface area contributed by atoms with Gasteiger partial charge >= 0.3 is 12.2 Å². The van der Waals surface area contributed by atoms with Gasteiger partial charge in [0, 0.05) is 37.9 Å². The minimum Gasteiger partial charge on any atom is -0.382 e. The van der Waals surface area contributed by atoms with Gasteiger partial charge < -0.3 is 20.9 Å². The van der Waals surface area contributed by atoms with Crippen molar-refractivity contribution in [1.29, 1.82) is 0 Å². The molecule has 0 bridgehead atoms. The van der Waals surface area contributed by atoms with Gasteiger partial charge in [-0.3, -0.25) is 10.1 Å². The lowest BCUT2D eigenvalue weighted by Crippen LogP contribution is -2.47. The molecule has 3 aromatic heterocycles. The zero-order valence-electron chi connectivity index (χ0n) is 21.0. The van der Waals surface area contributed by atoms with Gasteiger partial charge in [0.15, 0.2) is 5.82 Å². The predicted octanol–water partition coefficient (Wildman–Crippen LogP) is 3.56. The fourth-order valence-corrected chi connectivity index (χ4v) is 4.34. The van der Waals surface area contributed by atoms with E-state index in [0.717, 1.165) is 31.4 Å². The molecule has 11 nitrogen and oxygen atoms in total. The van der Waals surface area contributed by atoms with Gasteiger partial charge in [-0.15, -0.1) is 0 Å². The van der Waals surface area contributed by atoms with Crippen LogP contribution < -0.4 is 16.4 Å². The molecule has 1 saturated heterocycles. The first-order valence-electron chi connectivity index (χ1n) is 12.0. The van der Waals surface area contributed by atoms with E-state index in [2.05, 4.69) is 30.6 Å². The van der Waals surface area contributed by atoms with E-state index in [1.807, 2.05) is 7.05 Å². The first-order valence-corrected chi connectivity index (χ1v) is 12.0. The maximum absolute atomic E-state index is 15.1. The second-order valence-electron chi connectivity index (χ2n) is 9.15. The highest BCUT2D eigenvalue weighted by atomic mass is 19.4. The van der Waals surface area contributed by atoms with E-state index in [1.165, 1.54) is 23.0 Å². The summed E-state index contributed by atoms with van der Waals surface area (Å²) in [5.74, 6) is -1.38. The lowest BCUT2D eigenvalue weighted by Gasteiger charge is -2.32. The number of benzene rings is 1. The number of nitrogens with two attached hydrogens (primary N) is 1. The van der Waals surface area contributed by atoms with Crippen LogP contribution in [0.4, 0.5) is 39.7 Å². The average Bonchev–Trinajstić information content (AvgIpc) is 3.30. The van der Waals surface area contributed by atoms with E-state index in [1.54, 1.807) is 11.0 Å². The van der Waals surface area contributed by atoms with Crippen molar-refractivity contribution >= 4 is 34.8 Å². The summed E-state index contributed by atoms with van der Waals surface area (Å²) in [7, 11) is 1.97. The van der Waals surface area contributed by atoms with Crippen molar-refractivity contribution in [2.75, 3.05) is 49.6 Å². The van der Waals surface area contributed by atoms with Gasteiger partial charge in [-0.25, -0.2) is 23.7 Å². The van der Waals surface area contributed by atoms with E-state index >= 15 is 4.39 Å². The molecule has 1 aliphatic heterocycles. The van der Waals surface area contributed by atoms with Crippen LogP contribution >= 0.6 is 0 Å². The van der Waals surface area contributed by atoms with Crippen molar-refractivity contribution < 1.29 is 27.2 Å². The van der Waals surface area contributed by atoms with Gasteiger partial charge in [0.2, 0.25) is 0 Å². The number of nitrogens with one attached hydrogen (secondary N) is 2. The highest BCUT2D eigenvalue weighted by Gasteiger charge is 2.31. The molecule has 0 unspecified atom stereocenters. The Balaban J connectivity index is 1.40. The summed E-state index contributed by atoms with van der Waals surface area (Å²) < 4.78 is 55.2. The zero-order chi connectivity index (χ0) is 28.6. The van der Waals surface area contributed by atoms with E-state index in [0.29, 0.717) is 35.8 Å². The molecule has 1 aliphatic rings. The number of carbonyl (C=O) groups is 2. The minimum absolute atomic E-state index is 0.0815. The van der Waals surface area contributed by atoms with Crippen LogP contribution in [0.3, 0.4) is 0 Å².